The molecule has 0 bridgehead atoms. The molecule has 1 heterocycles. The lowest BCUT2D eigenvalue weighted by molar-refractivity contribution is -0.424. The van der Waals surface area contributed by atoms with Crippen LogP contribution in [-0.2, 0) is 14.2 Å². The fourth-order valence-corrected chi connectivity index (χ4v) is 1.23. The van der Waals surface area contributed by atoms with E-state index in [-0.39, 0.29) is 17.6 Å². The van der Waals surface area contributed by atoms with E-state index in [9.17, 15) is 14.9 Å². The van der Waals surface area contributed by atoms with E-state index in [1.807, 2.05) is 0 Å². The van der Waals surface area contributed by atoms with Gasteiger partial charge in [0.05, 0.1) is 18.1 Å². The van der Waals surface area contributed by atoms with Crippen LogP contribution >= 0.6 is 0 Å². The number of ether oxygens (including phenoxy) is 3. The molecule has 0 aromatic rings. The molecule has 1 aliphatic rings. The van der Waals surface area contributed by atoms with Crippen LogP contribution in [0.15, 0.2) is 23.6 Å². The van der Waals surface area contributed by atoms with Gasteiger partial charge in [-0.05, 0) is 13.0 Å². The van der Waals surface area contributed by atoms with Gasteiger partial charge in [-0.25, -0.2) is 4.79 Å². The predicted octanol–water partition coefficient (Wildman–Crippen LogP) is 2.01. The maximum absolute atomic E-state index is 11.3. The van der Waals surface area contributed by atoms with Crippen molar-refractivity contribution in [3.05, 3.63) is 33.7 Å². The van der Waals surface area contributed by atoms with E-state index in [1.54, 1.807) is 0 Å². The van der Waals surface area contributed by atoms with Gasteiger partial charge in [0.15, 0.2) is 0 Å². The molecule has 0 radical (unpaired) electrons. The van der Waals surface area contributed by atoms with Crippen LogP contribution in [0.25, 0.3) is 0 Å². The average Bonchev–Trinajstić information content (AvgIpc) is 2.78. The highest BCUT2D eigenvalue weighted by molar-refractivity contribution is 5.61. The van der Waals surface area contributed by atoms with Crippen LogP contribution in [0.3, 0.4) is 0 Å². The predicted molar refractivity (Wildman–Crippen MR) is 61.3 cm³/mol. The Morgan fingerprint density at radius 1 is 1.44 bits per heavy atom. The Kier molecular flexibility index (Phi) is 5.31. The Balaban J connectivity index is 2.40. The number of carbonyl (C=O) groups is 1. The maximum atomic E-state index is 11.3. The first-order chi connectivity index (χ1) is 8.49. The van der Waals surface area contributed by atoms with Crippen LogP contribution in [0.2, 0.25) is 0 Å². The van der Waals surface area contributed by atoms with Gasteiger partial charge in [0.2, 0.25) is 5.70 Å². The second-order valence-electron chi connectivity index (χ2n) is 3.80. The van der Waals surface area contributed by atoms with Gasteiger partial charge in [-0.15, -0.1) is 0 Å². The highest BCUT2D eigenvalue weighted by Gasteiger charge is 2.20. The van der Waals surface area contributed by atoms with Gasteiger partial charge < -0.3 is 14.2 Å². The zero-order chi connectivity index (χ0) is 13.5. The van der Waals surface area contributed by atoms with Crippen molar-refractivity contribution in [2.24, 2.45) is 0 Å². The van der Waals surface area contributed by atoms with E-state index in [2.05, 4.69) is 0 Å². The van der Waals surface area contributed by atoms with Crippen molar-refractivity contribution < 1.29 is 23.9 Å². The molecule has 1 unspecified atom stereocenters. The molecule has 1 fully saturated rings. The lowest BCUT2D eigenvalue weighted by Gasteiger charge is -2.09. The van der Waals surface area contributed by atoms with Crippen LogP contribution in [-0.4, -0.2) is 30.4 Å². The fraction of sp³-hybridized carbons (Fsp3) is 0.545. The zero-order valence-electron chi connectivity index (χ0n) is 10.3. The molecule has 0 saturated carbocycles. The van der Waals surface area contributed by atoms with Crippen LogP contribution in [0, 0.1) is 10.1 Å². The summed E-state index contributed by atoms with van der Waals surface area (Å²) >= 11 is 0. The van der Waals surface area contributed by atoms with Crippen LogP contribution < -0.4 is 0 Å². The van der Waals surface area contributed by atoms with Crippen molar-refractivity contribution in [1.29, 1.82) is 0 Å². The molecule has 7 nitrogen and oxygen atoms in total. The van der Waals surface area contributed by atoms with Gasteiger partial charge in [-0.2, -0.15) is 0 Å². The van der Waals surface area contributed by atoms with Gasteiger partial charge in [0, 0.05) is 19.4 Å². The van der Waals surface area contributed by atoms with Gasteiger partial charge >= 0.3 is 6.16 Å². The molecule has 0 spiro atoms. The number of hydrogen-bond acceptors (Lipinski definition) is 6. The molecule has 1 rings (SSSR count). The fourth-order valence-electron chi connectivity index (χ4n) is 1.23. The van der Waals surface area contributed by atoms with Gasteiger partial charge in [0.1, 0.15) is 11.9 Å². The van der Waals surface area contributed by atoms with Crippen LogP contribution in [0.1, 0.15) is 20.3 Å². The Morgan fingerprint density at radius 3 is 2.72 bits per heavy atom. The molecule has 0 aromatic heterocycles. The molecular weight excluding hydrogens is 242 g/mol. The Morgan fingerprint density at radius 2 is 2.17 bits per heavy atom. The first-order valence-electron chi connectivity index (χ1n) is 5.45. The van der Waals surface area contributed by atoms with Gasteiger partial charge in [-0.1, -0.05) is 0 Å². The molecule has 0 N–H and O–H groups in total. The van der Waals surface area contributed by atoms with Crippen molar-refractivity contribution in [3.8, 4) is 0 Å². The molecule has 7 heteroatoms. The Labute approximate surface area is 104 Å². The number of nitrogens with zero attached hydrogens (tertiary/aromatic N) is 1. The summed E-state index contributed by atoms with van der Waals surface area (Å²) in [4.78, 5) is 21.1. The highest BCUT2D eigenvalue weighted by atomic mass is 16.7. The molecule has 0 aliphatic carbocycles. The van der Waals surface area contributed by atoms with E-state index in [0.29, 0.717) is 19.6 Å². The Bertz CT molecular complexity index is 381. The monoisotopic (exact) mass is 257 g/mol. The van der Waals surface area contributed by atoms with Gasteiger partial charge in [0.25, 0.3) is 0 Å². The molecule has 0 aromatic carbocycles. The van der Waals surface area contributed by atoms with E-state index < -0.39 is 11.1 Å². The summed E-state index contributed by atoms with van der Waals surface area (Å²) in [6.45, 7) is 3.80. The number of carbonyl (C=O) groups excluding carboxylic acids is 1. The van der Waals surface area contributed by atoms with E-state index in [0.717, 1.165) is 0 Å². The average molecular weight is 257 g/mol. The second kappa shape index (κ2) is 6.75. The second-order valence-corrected chi connectivity index (χ2v) is 3.80. The minimum Gasteiger partial charge on any atom is -0.428 e. The smallest absolute Gasteiger partial charge is 0.428 e. The van der Waals surface area contributed by atoms with Crippen molar-refractivity contribution in [2.45, 2.75) is 26.4 Å². The minimum atomic E-state index is -0.827. The Hall–Kier alpha value is -1.89. The SMILES string of the molecule is C/C(=C\C=C(/C)[N+](=O)[O-])OC(=O)OC1CCOC1. The maximum Gasteiger partial charge on any atom is 0.513 e. The zero-order valence-corrected chi connectivity index (χ0v) is 10.3. The normalized spacial score (nSPS) is 20.7. The first kappa shape index (κ1) is 14.2. The molecule has 18 heavy (non-hydrogen) atoms. The third-order valence-electron chi connectivity index (χ3n) is 2.24. The van der Waals surface area contributed by atoms with Crippen LogP contribution in [0.5, 0.6) is 0 Å². The molecule has 1 saturated heterocycles. The summed E-state index contributed by atoms with van der Waals surface area (Å²) in [5.41, 5.74) is -0.0458. The quantitative estimate of drug-likeness (QED) is 0.252. The number of rotatable bonds is 4. The molecular formula is C11H15NO6. The van der Waals surface area contributed by atoms with Crippen molar-refractivity contribution in [3.63, 3.8) is 0 Å². The van der Waals surface area contributed by atoms with Crippen LogP contribution in [0.4, 0.5) is 4.79 Å². The van der Waals surface area contributed by atoms with Crippen molar-refractivity contribution >= 4 is 6.16 Å². The first-order valence-corrected chi connectivity index (χ1v) is 5.45. The molecule has 1 atom stereocenters. The van der Waals surface area contributed by atoms with Crippen molar-refractivity contribution in [1.82, 2.24) is 0 Å². The summed E-state index contributed by atoms with van der Waals surface area (Å²) in [6, 6.07) is 0. The standard InChI is InChI=1S/C11H15NO6/c1-8(12(14)15)3-4-9(2)17-11(13)18-10-5-6-16-7-10/h3-4,10H,5-7H2,1-2H3/b8-3+,9-4+. The summed E-state index contributed by atoms with van der Waals surface area (Å²) in [5, 5.41) is 10.3. The van der Waals surface area contributed by atoms with Crippen molar-refractivity contribution in [2.75, 3.05) is 13.2 Å². The summed E-state index contributed by atoms with van der Waals surface area (Å²) in [7, 11) is 0. The molecule has 1 aliphatic heterocycles. The summed E-state index contributed by atoms with van der Waals surface area (Å²) < 4.78 is 14.8. The lowest BCUT2D eigenvalue weighted by atomic mass is 10.3. The third-order valence-corrected chi connectivity index (χ3v) is 2.24. The van der Waals surface area contributed by atoms with Gasteiger partial charge in [-0.3, -0.25) is 10.1 Å². The third kappa shape index (κ3) is 4.96. The topological polar surface area (TPSA) is 87.9 Å². The number of hydrogen-bond donors (Lipinski definition) is 0. The summed E-state index contributed by atoms with van der Waals surface area (Å²) in [6.07, 6.45) is 2.14. The number of allylic oxidation sites excluding steroid dienone is 4. The van der Waals surface area contributed by atoms with E-state index in [1.165, 1.54) is 26.0 Å². The highest BCUT2D eigenvalue weighted by Crippen LogP contribution is 2.10. The molecule has 0 amide bonds. The molecule has 100 valence electrons. The minimum absolute atomic E-state index is 0.0458. The summed E-state index contributed by atoms with van der Waals surface area (Å²) in [5.74, 6) is 0.222. The number of nitro groups is 1. The van der Waals surface area contributed by atoms with E-state index in [4.69, 9.17) is 14.2 Å². The largest absolute Gasteiger partial charge is 0.513 e. The lowest BCUT2D eigenvalue weighted by Crippen LogP contribution is -2.18. The van der Waals surface area contributed by atoms with E-state index >= 15 is 0 Å².